The fourth-order valence-corrected chi connectivity index (χ4v) is 4.14. The molecule has 1 aliphatic heterocycles. The van der Waals surface area contributed by atoms with Crippen molar-refractivity contribution in [2.24, 2.45) is 5.92 Å². The van der Waals surface area contributed by atoms with Crippen LogP contribution in [0.2, 0.25) is 0 Å². The Hall–Kier alpha value is -0.610. The largest absolute Gasteiger partial charge is 0.468 e. The molecule has 20 heavy (non-hydrogen) atoms. The maximum Gasteiger partial charge on any atom is 0.327 e. The van der Waals surface area contributed by atoms with Crippen molar-refractivity contribution in [1.82, 2.24) is 10.2 Å². The highest BCUT2D eigenvalue weighted by Crippen LogP contribution is 2.36. The molecule has 1 aliphatic carbocycles. The average Bonchev–Trinajstić information content (AvgIpc) is 2.80. The summed E-state index contributed by atoms with van der Waals surface area (Å²) >= 11 is 0. The maximum absolute atomic E-state index is 12.2. The first kappa shape index (κ1) is 15.8. The molecule has 4 heteroatoms. The first-order valence-electron chi connectivity index (χ1n) is 8.06. The van der Waals surface area contributed by atoms with E-state index in [1.54, 1.807) is 0 Å². The standard InChI is InChI=1S/C16H30N2O2/c1-12(2)17-16(3,15(19)20-4)11-18-10-9-13-7-5-6-8-14(13)18/h12-14,17H,5-11H2,1-4H3. The number of likely N-dealkylation sites (tertiary alicyclic amines) is 1. The monoisotopic (exact) mass is 282 g/mol. The van der Waals surface area contributed by atoms with Crippen LogP contribution >= 0.6 is 0 Å². The Balaban J connectivity index is 2.05. The first-order chi connectivity index (χ1) is 9.46. The van der Waals surface area contributed by atoms with Crippen LogP contribution in [0.15, 0.2) is 0 Å². The molecule has 3 atom stereocenters. The molecule has 1 N–H and O–H groups in total. The molecule has 1 saturated heterocycles. The highest BCUT2D eigenvalue weighted by atomic mass is 16.5. The number of carbonyl (C=O) groups is 1. The zero-order chi connectivity index (χ0) is 14.8. The van der Waals surface area contributed by atoms with Gasteiger partial charge in [0.05, 0.1) is 7.11 Å². The minimum atomic E-state index is -0.602. The van der Waals surface area contributed by atoms with Crippen LogP contribution in [0.25, 0.3) is 0 Å². The normalized spacial score (nSPS) is 30.1. The number of methoxy groups -OCH3 is 1. The molecule has 0 radical (unpaired) electrons. The Kier molecular flexibility index (Phi) is 5.08. The topological polar surface area (TPSA) is 41.6 Å². The molecule has 3 unspecified atom stereocenters. The van der Waals surface area contributed by atoms with Crippen LogP contribution in [0.3, 0.4) is 0 Å². The molecule has 2 aliphatic rings. The number of esters is 1. The van der Waals surface area contributed by atoms with Crippen LogP contribution in [0.4, 0.5) is 0 Å². The van der Waals surface area contributed by atoms with Gasteiger partial charge in [-0.2, -0.15) is 0 Å². The van der Waals surface area contributed by atoms with E-state index in [0.29, 0.717) is 6.04 Å². The van der Waals surface area contributed by atoms with E-state index >= 15 is 0 Å². The second kappa shape index (κ2) is 6.44. The van der Waals surface area contributed by atoms with E-state index < -0.39 is 5.54 Å². The number of nitrogens with one attached hydrogen (secondary N) is 1. The molecule has 116 valence electrons. The van der Waals surface area contributed by atoms with Crippen molar-refractivity contribution in [3.8, 4) is 0 Å². The highest BCUT2D eigenvalue weighted by Gasteiger charge is 2.42. The number of hydrogen-bond acceptors (Lipinski definition) is 4. The summed E-state index contributed by atoms with van der Waals surface area (Å²) in [6.45, 7) is 8.03. The molecule has 0 spiro atoms. The van der Waals surface area contributed by atoms with Gasteiger partial charge in [-0.05, 0) is 52.5 Å². The third-order valence-corrected chi connectivity index (χ3v) is 4.89. The van der Waals surface area contributed by atoms with Crippen LogP contribution in [0.1, 0.15) is 52.9 Å². The van der Waals surface area contributed by atoms with Crippen molar-refractivity contribution in [3.05, 3.63) is 0 Å². The molecule has 0 aromatic heterocycles. The quantitative estimate of drug-likeness (QED) is 0.785. The molecule has 2 rings (SSSR count). The van der Waals surface area contributed by atoms with E-state index in [9.17, 15) is 4.79 Å². The summed E-state index contributed by atoms with van der Waals surface area (Å²) in [7, 11) is 1.48. The summed E-state index contributed by atoms with van der Waals surface area (Å²) in [5, 5.41) is 3.41. The van der Waals surface area contributed by atoms with Crippen molar-refractivity contribution in [2.75, 3.05) is 20.2 Å². The molecular formula is C16H30N2O2. The summed E-state index contributed by atoms with van der Waals surface area (Å²) in [5.41, 5.74) is -0.602. The van der Waals surface area contributed by atoms with Crippen molar-refractivity contribution < 1.29 is 9.53 Å². The van der Waals surface area contributed by atoms with E-state index in [1.807, 2.05) is 6.92 Å². The van der Waals surface area contributed by atoms with Crippen molar-refractivity contribution >= 4 is 5.97 Å². The third kappa shape index (κ3) is 3.34. The summed E-state index contributed by atoms with van der Waals surface area (Å²) < 4.78 is 5.03. The zero-order valence-corrected chi connectivity index (χ0v) is 13.4. The van der Waals surface area contributed by atoms with Gasteiger partial charge in [0, 0.05) is 18.6 Å². The third-order valence-electron chi connectivity index (χ3n) is 4.89. The lowest BCUT2D eigenvalue weighted by molar-refractivity contribution is -0.149. The SMILES string of the molecule is COC(=O)C(C)(CN1CCC2CCCCC21)NC(C)C. The number of rotatable bonds is 5. The Bertz CT molecular complexity index is 345. The number of carbonyl (C=O) groups excluding carboxylic acids is 1. The summed E-state index contributed by atoms with van der Waals surface area (Å²) in [5.74, 6) is 0.704. The predicted molar refractivity (Wildman–Crippen MR) is 80.6 cm³/mol. The van der Waals surface area contributed by atoms with Gasteiger partial charge in [0.25, 0.3) is 0 Å². The van der Waals surface area contributed by atoms with Crippen LogP contribution in [0, 0.1) is 5.92 Å². The summed E-state index contributed by atoms with van der Waals surface area (Å²) in [4.78, 5) is 14.7. The van der Waals surface area contributed by atoms with E-state index in [-0.39, 0.29) is 12.0 Å². The minimum absolute atomic E-state index is 0.148. The van der Waals surface area contributed by atoms with Crippen LogP contribution in [-0.2, 0) is 9.53 Å². The smallest absolute Gasteiger partial charge is 0.327 e. The second-order valence-electron chi connectivity index (χ2n) is 6.99. The lowest BCUT2D eigenvalue weighted by Crippen LogP contribution is -2.60. The Morgan fingerprint density at radius 3 is 2.70 bits per heavy atom. The molecule has 4 nitrogen and oxygen atoms in total. The predicted octanol–water partition coefficient (Wildman–Crippen LogP) is 2.18. The lowest BCUT2D eigenvalue weighted by atomic mass is 9.85. The average molecular weight is 282 g/mol. The fourth-order valence-electron chi connectivity index (χ4n) is 4.14. The number of nitrogens with zero attached hydrogens (tertiary/aromatic N) is 1. The van der Waals surface area contributed by atoms with Crippen LogP contribution < -0.4 is 5.32 Å². The summed E-state index contributed by atoms with van der Waals surface area (Å²) in [6.07, 6.45) is 6.68. The molecule has 0 bridgehead atoms. The van der Waals surface area contributed by atoms with Crippen LogP contribution in [0.5, 0.6) is 0 Å². The lowest BCUT2D eigenvalue weighted by Gasteiger charge is -2.38. The van der Waals surface area contributed by atoms with E-state index in [0.717, 1.165) is 19.0 Å². The van der Waals surface area contributed by atoms with Crippen molar-refractivity contribution in [3.63, 3.8) is 0 Å². The second-order valence-corrected chi connectivity index (χ2v) is 6.99. The molecule has 1 saturated carbocycles. The number of hydrogen-bond donors (Lipinski definition) is 1. The highest BCUT2D eigenvalue weighted by molar-refractivity contribution is 5.80. The van der Waals surface area contributed by atoms with Gasteiger partial charge in [0.1, 0.15) is 5.54 Å². The van der Waals surface area contributed by atoms with Gasteiger partial charge < -0.3 is 4.74 Å². The number of ether oxygens (including phenoxy) is 1. The molecule has 1 heterocycles. The van der Waals surface area contributed by atoms with Gasteiger partial charge in [-0.1, -0.05) is 12.8 Å². The van der Waals surface area contributed by atoms with Gasteiger partial charge in [-0.3, -0.25) is 15.0 Å². The van der Waals surface area contributed by atoms with E-state index in [4.69, 9.17) is 4.74 Å². The Morgan fingerprint density at radius 1 is 1.35 bits per heavy atom. The van der Waals surface area contributed by atoms with Crippen LogP contribution in [-0.4, -0.2) is 48.7 Å². The van der Waals surface area contributed by atoms with Gasteiger partial charge >= 0.3 is 5.97 Å². The maximum atomic E-state index is 12.2. The van der Waals surface area contributed by atoms with Gasteiger partial charge in [-0.15, -0.1) is 0 Å². The van der Waals surface area contributed by atoms with Crippen molar-refractivity contribution in [2.45, 2.75) is 70.5 Å². The molecule has 2 fully saturated rings. The summed E-state index contributed by atoms with van der Waals surface area (Å²) in [6, 6.07) is 0.950. The zero-order valence-electron chi connectivity index (χ0n) is 13.4. The Labute approximate surface area is 123 Å². The fraction of sp³-hybridized carbons (Fsp3) is 0.938. The molecular weight excluding hydrogens is 252 g/mol. The van der Waals surface area contributed by atoms with Gasteiger partial charge in [0.2, 0.25) is 0 Å². The minimum Gasteiger partial charge on any atom is -0.468 e. The van der Waals surface area contributed by atoms with Gasteiger partial charge in [-0.25, -0.2) is 0 Å². The first-order valence-corrected chi connectivity index (χ1v) is 8.06. The van der Waals surface area contributed by atoms with E-state index in [1.165, 1.54) is 39.2 Å². The van der Waals surface area contributed by atoms with Crippen molar-refractivity contribution in [1.29, 1.82) is 0 Å². The molecule has 0 aromatic rings. The van der Waals surface area contributed by atoms with Gasteiger partial charge in [0.15, 0.2) is 0 Å². The van der Waals surface area contributed by atoms with E-state index in [2.05, 4.69) is 24.1 Å². The molecule has 0 amide bonds. The molecule has 0 aromatic carbocycles. The Morgan fingerprint density at radius 2 is 2.05 bits per heavy atom. The number of fused-ring (bicyclic) bond motifs is 1.